The first kappa shape index (κ1) is 10.8. The first-order chi connectivity index (χ1) is 7.77. The summed E-state index contributed by atoms with van der Waals surface area (Å²) in [6.07, 6.45) is 3.20. The van der Waals surface area contributed by atoms with Crippen LogP contribution in [0.3, 0.4) is 0 Å². The lowest BCUT2D eigenvalue weighted by atomic mass is 10.3. The quantitative estimate of drug-likeness (QED) is 0.829. The minimum atomic E-state index is 0.471. The average molecular weight is 235 g/mol. The molecule has 0 aliphatic rings. The van der Waals surface area contributed by atoms with E-state index in [2.05, 4.69) is 20.3 Å². The Labute approximate surface area is 98.7 Å². The highest BCUT2D eigenvalue weighted by Crippen LogP contribution is 2.18. The summed E-state index contributed by atoms with van der Waals surface area (Å²) in [5.41, 5.74) is 1.80. The van der Waals surface area contributed by atoms with Gasteiger partial charge in [0.15, 0.2) is 0 Å². The van der Waals surface area contributed by atoms with Gasteiger partial charge in [0, 0.05) is 11.8 Å². The van der Waals surface area contributed by atoms with Crippen LogP contribution in [-0.2, 0) is 6.54 Å². The molecule has 0 saturated carbocycles. The molecule has 0 aliphatic heterocycles. The van der Waals surface area contributed by atoms with Crippen molar-refractivity contribution in [1.82, 2.24) is 15.0 Å². The Morgan fingerprint density at radius 1 is 1.25 bits per heavy atom. The van der Waals surface area contributed by atoms with Gasteiger partial charge in [-0.2, -0.15) is 0 Å². The number of halogens is 1. The first-order valence-electron chi connectivity index (χ1n) is 4.88. The van der Waals surface area contributed by atoms with E-state index in [-0.39, 0.29) is 0 Å². The summed E-state index contributed by atoms with van der Waals surface area (Å²) in [6, 6.07) is 5.78. The van der Waals surface area contributed by atoms with Crippen molar-refractivity contribution in [3.05, 3.63) is 47.1 Å². The van der Waals surface area contributed by atoms with E-state index in [1.165, 1.54) is 6.33 Å². The van der Waals surface area contributed by atoms with Gasteiger partial charge in [-0.05, 0) is 19.1 Å². The van der Waals surface area contributed by atoms with E-state index in [0.29, 0.717) is 11.7 Å². The van der Waals surface area contributed by atoms with Gasteiger partial charge in [0.1, 0.15) is 17.3 Å². The van der Waals surface area contributed by atoms with E-state index in [1.54, 1.807) is 6.20 Å². The molecular weight excluding hydrogens is 224 g/mol. The Kier molecular flexibility index (Phi) is 3.31. The number of rotatable bonds is 3. The van der Waals surface area contributed by atoms with Crippen molar-refractivity contribution in [2.75, 3.05) is 5.32 Å². The third-order valence-corrected chi connectivity index (χ3v) is 2.57. The van der Waals surface area contributed by atoms with Gasteiger partial charge in [-0.15, -0.1) is 0 Å². The molecule has 2 aromatic heterocycles. The molecule has 4 nitrogen and oxygen atoms in total. The van der Waals surface area contributed by atoms with Gasteiger partial charge in [0.05, 0.1) is 12.2 Å². The van der Waals surface area contributed by atoms with Crippen LogP contribution >= 0.6 is 11.6 Å². The molecule has 2 heterocycles. The molecule has 2 rings (SSSR count). The highest BCUT2D eigenvalue weighted by molar-refractivity contribution is 6.30. The van der Waals surface area contributed by atoms with Crippen molar-refractivity contribution in [2.24, 2.45) is 0 Å². The van der Waals surface area contributed by atoms with Crippen molar-refractivity contribution >= 4 is 17.4 Å². The average Bonchev–Trinajstić information content (AvgIpc) is 2.32. The summed E-state index contributed by atoms with van der Waals surface area (Å²) in [5, 5.41) is 3.64. The molecule has 0 bridgehead atoms. The Hall–Kier alpha value is -1.68. The predicted molar refractivity (Wildman–Crippen MR) is 63.3 cm³/mol. The summed E-state index contributed by atoms with van der Waals surface area (Å²) in [5.74, 6) is 0.741. The molecule has 0 saturated heterocycles. The zero-order valence-electron chi connectivity index (χ0n) is 8.81. The van der Waals surface area contributed by atoms with Crippen molar-refractivity contribution < 1.29 is 0 Å². The second-order valence-corrected chi connectivity index (χ2v) is 3.67. The van der Waals surface area contributed by atoms with Crippen LogP contribution in [0.5, 0.6) is 0 Å². The van der Waals surface area contributed by atoms with Gasteiger partial charge >= 0.3 is 0 Å². The SMILES string of the molecule is Cc1c(Cl)ncnc1NCc1ccccn1. The smallest absolute Gasteiger partial charge is 0.137 e. The second-order valence-electron chi connectivity index (χ2n) is 3.31. The third-order valence-electron chi connectivity index (χ3n) is 2.19. The zero-order valence-corrected chi connectivity index (χ0v) is 9.57. The highest BCUT2D eigenvalue weighted by Gasteiger charge is 2.04. The van der Waals surface area contributed by atoms with E-state index in [1.807, 2.05) is 25.1 Å². The number of anilines is 1. The van der Waals surface area contributed by atoms with E-state index in [4.69, 9.17) is 11.6 Å². The molecule has 0 spiro atoms. The molecule has 0 aromatic carbocycles. The molecule has 82 valence electrons. The fraction of sp³-hybridized carbons (Fsp3) is 0.182. The summed E-state index contributed by atoms with van der Waals surface area (Å²) in [6.45, 7) is 2.50. The maximum atomic E-state index is 5.89. The van der Waals surface area contributed by atoms with Crippen molar-refractivity contribution in [3.8, 4) is 0 Å². The minimum absolute atomic E-state index is 0.471. The Bertz CT molecular complexity index is 473. The largest absolute Gasteiger partial charge is 0.364 e. The fourth-order valence-electron chi connectivity index (χ4n) is 1.28. The molecule has 0 amide bonds. The van der Waals surface area contributed by atoms with Gasteiger partial charge < -0.3 is 5.32 Å². The zero-order chi connectivity index (χ0) is 11.4. The number of nitrogens with zero attached hydrogens (tertiary/aromatic N) is 3. The van der Waals surface area contributed by atoms with Gasteiger partial charge in [-0.3, -0.25) is 4.98 Å². The van der Waals surface area contributed by atoms with Crippen LogP contribution < -0.4 is 5.32 Å². The molecule has 0 unspecified atom stereocenters. The molecule has 1 N–H and O–H groups in total. The van der Waals surface area contributed by atoms with E-state index < -0.39 is 0 Å². The molecule has 0 aliphatic carbocycles. The van der Waals surface area contributed by atoms with Crippen LogP contribution in [0, 0.1) is 6.92 Å². The summed E-state index contributed by atoms with van der Waals surface area (Å²) in [4.78, 5) is 12.2. The monoisotopic (exact) mass is 234 g/mol. The Morgan fingerprint density at radius 3 is 2.88 bits per heavy atom. The van der Waals surface area contributed by atoms with Gasteiger partial charge in [0.25, 0.3) is 0 Å². The van der Waals surface area contributed by atoms with Crippen LogP contribution in [0.15, 0.2) is 30.7 Å². The van der Waals surface area contributed by atoms with Crippen LogP contribution in [0.4, 0.5) is 5.82 Å². The molecular formula is C11H11ClN4. The lowest BCUT2D eigenvalue weighted by Gasteiger charge is -2.07. The molecule has 2 aromatic rings. The number of hydrogen-bond acceptors (Lipinski definition) is 4. The number of hydrogen-bond donors (Lipinski definition) is 1. The fourth-order valence-corrected chi connectivity index (χ4v) is 1.42. The highest BCUT2D eigenvalue weighted by atomic mass is 35.5. The molecule has 5 heteroatoms. The molecule has 0 fully saturated rings. The molecule has 0 radical (unpaired) electrons. The van der Waals surface area contributed by atoms with E-state index in [0.717, 1.165) is 17.1 Å². The summed E-state index contributed by atoms with van der Waals surface area (Å²) in [7, 11) is 0. The molecule has 16 heavy (non-hydrogen) atoms. The van der Waals surface area contributed by atoms with Gasteiger partial charge in [-0.25, -0.2) is 9.97 Å². The number of nitrogens with one attached hydrogen (secondary N) is 1. The normalized spacial score (nSPS) is 10.1. The maximum absolute atomic E-state index is 5.89. The minimum Gasteiger partial charge on any atom is -0.364 e. The third kappa shape index (κ3) is 2.46. The van der Waals surface area contributed by atoms with E-state index >= 15 is 0 Å². The van der Waals surface area contributed by atoms with Gasteiger partial charge in [-0.1, -0.05) is 17.7 Å². The predicted octanol–water partition coefficient (Wildman–Crippen LogP) is 2.45. The lowest BCUT2D eigenvalue weighted by Crippen LogP contribution is -2.05. The Morgan fingerprint density at radius 2 is 2.12 bits per heavy atom. The van der Waals surface area contributed by atoms with Crippen molar-refractivity contribution in [3.63, 3.8) is 0 Å². The van der Waals surface area contributed by atoms with Crippen molar-refractivity contribution in [2.45, 2.75) is 13.5 Å². The molecule has 0 atom stereocenters. The Balaban J connectivity index is 2.08. The topological polar surface area (TPSA) is 50.7 Å². The standard InChI is InChI=1S/C11H11ClN4/c1-8-10(12)15-7-16-11(8)14-6-9-4-2-3-5-13-9/h2-5,7H,6H2,1H3,(H,14,15,16). The van der Waals surface area contributed by atoms with Crippen LogP contribution in [-0.4, -0.2) is 15.0 Å². The van der Waals surface area contributed by atoms with Crippen LogP contribution in [0.2, 0.25) is 5.15 Å². The summed E-state index contributed by atoms with van der Waals surface area (Å²) < 4.78 is 0. The lowest BCUT2D eigenvalue weighted by molar-refractivity contribution is 1.01. The number of aromatic nitrogens is 3. The van der Waals surface area contributed by atoms with E-state index in [9.17, 15) is 0 Å². The summed E-state index contributed by atoms with van der Waals surface area (Å²) >= 11 is 5.89. The first-order valence-corrected chi connectivity index (χ1v) is 5.26. The van der Waals surface area contributed by atoms with Crippen LogP contribution in [0.1, 0.15) is 11.3 Å². The van der Waals surface area contributed by atoms with Gasteiger partial charge in [0.2, 0.25) is 0 Å². The van der Waals surface area contributed by atoms with Crippen molar-refractivity contribution in [1.29, 1.82) is 0 Å². The number of pyridine rings is 1. The maximum Gasteiger partial charge on any atom is 0.137 e. The second kappa shape index (κ2) is 4.90. The van der Waals surface area contributed by atoms with Crippen LogP contribution in [0.25, 0.3) is 0 Å².